The largest absolute Gasteiger partial charge is 0.484 e. The highest BCUT2D eigenvalue weighted by atomic mass is 16.5. The Bertz CT molecular complexity index is 881. The van der Waals surface area contributed by atoms with E-state index in [0.29, 0.717) is 17.4 Å². The Morgan fingerprint density at radius 2 is 1.81 bits per heavy atom. The minimum atomic E-state index is -0.212. The highest BCUT2D eigenvalue weighted by Gasteiger charge is 2.09. The molecule has 1 aromatic heterocycles. The van der Waals surface area contributed by atoms with Crippen LogP contribution in [0.4, 0.5) is 0 Å². The van der Waals surface area contributed by atoms with Crippen molar-refractivity contribution in [2.75, 3.05) is 6.61 Å². The van der Waals surface area contributed by atoms with E-state index in [9.17, 15) is 4.79 Å². The van der Waals surface area contributed by atoms with Gasteiger partial charge in [-0.25, -0.2) is 0 Å². The monoisotopic (exact) mass is 364 g/mol. The van der Waals surface area contributed by atoms with Crippen LogP contribution in [-0.4, -0.2) is 17.7 Å². The average molecular weight is 364 g/mol. The first-order valence-corrected chi connectivity index (χ1v) is 9.03. The Morgan fingerprint density at radius 3 is 2.48 bits per heavy atom. The Balaban J connectivity index is 1.47. The van der Waals surface area contributed by atoms with E-state index in [2.05, 4.69) is 24.3 Å². The lowest BCUT2D eigenvalue weighted by molar-refractivity contribution is -0.123. The molecule has 0 bridgehead atoms. The molecular formula is C22H24N2O3. The number of rotatable bonds is 7. The number of nitrogens with zero attached hydrogens (tertiary/aromatic N) is 1. The van der Waals surface area contributed by atoms with Crippen molar-refractivity contribution in [3.63, 3.8) is 0 Å². The second kappa shape index (κ2) is 8.54. The van der Waals surface area contributed by atoms with Gasteiger partial charge in [-0.05, 0) is 30.5 Å². The third-order valence-electron chi connectivity index (χ3n) is 4.28. The Hall–Kier alpha value is -3.08. The molecule has 1 N–H and O–H groups in total. The fraction of sp³-hybridized carbons (Fsp3) is 0.273. The zero-order chi connectivity index (χ0) is 19.2. The van der Waals surface area contributed by atoms with Crippen LogP contribution in [0.2, 0.25) is 0 Å². The number of carbonyl (C=O) groups excluding carboxylic acids is 1. The molecule has 0 fully saturated rings. The van der Waals surface area contributed by atoms with Gasteiger partial charge in [0.1, 0.15) is 11.4 Å². The molecule has 0 saturated heterocycles. The van der Waals surface area contributed by atoms with Crippen molar-refractivity contribution in [3.05, 3.63) is 71.5 Å². The number of hydrogen-bond acceptors (Lipinski definition) is 4. The molecule has 27 heavy (non-hydrogen) atoms. The molecule has 1 heterocycles. The lowest BCUT2D eigenvalue weighted by Crippen LogP contribution is -2.28. The molecule has 0 saturated carbocycles. The Labute approximate surface area is 159 Å². The maximum Gasteiger partial charge on any atom is 0.258 e. The van der Waals surface area contributed by atoms with E-state index < -0.39 is 0 Å². The van der Waals surface area contributed by atoms with Gasteiger partial charge in [0.2, 0.25) is 0 Å². The second-order valence-corrected chi connectivity index (χ2v) is 6.83. The molecule has 2 aromatic carbocycles. The van der Waals surface area contributed by atoms with Gasteiger partial charge >= 0.3 is 0 Å². The van der Waals surface area contributed by atoms with Crippen molar-refractivity contribution < 1.29 is 14.1 Å². The number of benzene rings is 2. The Kier molecular flexibility index (Phi) is 5.91. The summed E-state index contributed by atoms with van der Waals surface area (Å²) in [5, 5.41) is 6.83. The lowest BCUT2D eigenvalue weighted by Gasteiger charge is -2.08. The van der Waals surface area contributed by atoms with Crippen molar-refractivity contribution in [2.24, 2.45) is 0 Å². The summed E-state index contributed by atoms with van der Waals surface area (Å²) >= 11 is 0. The van der Waals surface area contributed by atoms with Gasteiger partial charge in [0, 0.05) is 11.6 Å². The van der Waals surface area contributed by atoms with Crippen LogP contribution in [-0.2, 0) is 11.3 Å². The average Bonchev–Trinajstić information content (AvgIpc) is 3.14. The molecule has 3 aromatic rings. The number of aryl methyl sites for hydroxylation is 1. The van der Waals surface area contributed by atoms with Crippen LogP contribution < -0.4 is 10.1 Å². The number of amides is 1. The summed E-state index contributed by atoms with van der Waals surface area (Å²) in [5.41, 5.74) is 4.16. The number of aromatic nitrogens is 1. The van der Waals surface area contributed by atoms with Gasteiger partial charge in [0.05, 0.1) is 6.54 Å². The third-order valence-corrected chi connectivity index (χ3v) is 4.28. The first kappa shape index (κ1) is 18.7. The molecular weight excluding hydrogens is 340 g/mol. The summed E-state index contributed by atoms with van der Waals surface area (Å²) in [6, 6.07) is 17.7. The summed E-state index contributed by atoms with van der Waals surface area (Å²) < 4.78 is 10.8. The van der Waals surface area contributed by atoms with Crippen LogP contribution in [0.25, 0.3) is 11.3 Å². The summed E-state index contributed by atoms with van der Waals surface area (Å²) in [6.45, 7) is 6.54. The van der Waals surface area contributed by atoms with Crippen LogP contribution in [0, 0.1) is 6.92 Å². The summed E-state index contributed by atoms with van der Waals surface area (Å²) in [5.74, 6) is 1.53. The van der Waals surface area contributed by atoms with Crippen LogP contribution in [0.1, 0.15) is 36.7 Å². The van der Waals surface area contributed by atoms with Gasteiger partial charge in [-0.1, -0.05) is 61.0 Å². The van der Waals surface area contributed by atoms with Gasteiger partial charge in [-0.3, -0.25) is 4.79 Å². The molecule has 0 unspecified atom stereocenters. The highest BCUT2D eigenvalue weighted by molar-refractivity contribution is 5.77. The molecule has 0 aliphatic rings. The fourth-order valence-electron chi connectivity index (χ4n) is 2.59. The summed E-state index contributed by atoms with van der Waals surface area (Å²) in [4.78, 5) is 12.0. The van der Waals surface area contributed by atoms with E-state index in [1.165, 1.54) is 11.1 Å². The quantitative estimate of drug-likeness (QED) is 0.672. The predicted octanol–water partition coefficient (Wildman–Crippen LogP) is 4.47. The van der Waals surface area contributed by atoms with E-state index in [0.717, 1.165) is 11.3 Å². The molecule has 0 spiro atoms. The first-order valence-electron chi connectivity index (χ1n) is 9.03. The molecule has 1 amide bonds. The number of ether oxygens (including phenoxy) is 1. The van der Waals surface area contributed by atoms with Crippen molar-refractivity contribution in [1.82, 2.24) is 10.5 Å². The number of hydrogen-bond donors (Lipinski definition) is 1. The summed E-state index contributed by atoms with van der Waals surface area (Å²) in [7, 11) is 0. The van der Waals surface area contributed by atoms with E-state index >= 15 is 0 Å². The van der Waals surface area contributed by atoms with E-state index in [1.54, 1.807) is 0 Å². The molecule has 140 valence electrons. The van der Waals surface area contributed by atoms with Crippen LogP contribution in [0.5, 0.6) is 5.75 Å². The van der Waals surface area contributed by atoms with Gasteiger partial charge in [-0.15, -0.1) is 0 Å². The molecule has 5 nitrogen and oxygen atoms in total. The molecule has 0 aliphatic carbocycles. The molecule has 3 rings (SSSR count). The van der Waals surface area contributed by atoms with Gasteiger partial charge in [-0.2, -0.15) is 0 Å². The van der Waals surface area contributed by atoms with E-state index in [-0.39, 0.29) is 19.1 Å². The second-order valence-electron chi connectivity index (χ2n) is 6.83. The van der Waals surface area contributed by atoms with E-state index in [1.807, 2.05) is 61.5 Å². The first-order chi connectivity index (χ1) is 13.0. The van der Waals surface area contributed by atoms with Crippen molar-refractivity contribution in [3.8, 4) is 17.0 Å². The van der Waals surface area contributed by atoms with Gasteiger partial charge in [0.15, 0.2) is 12.4 Å². The van der Waals surface area contributed by atoms with Crippen LogP contribution >= 0.6 is 0 Å². The van der Waals surface area contributed by atoms with Crippen LogP contribution in [0.3, 0.4) is 0 Å². The molecule has 0 atom stereocenters. The van der Waals surface area contributed by atoms with Crippen LogP contribution in [0.15, 0.2) is 59.1 Å². The standard InChI is InChI=1S/C22H24N2O3/c1-15(2)17-8-10-19(11-9-17)26-14-22(25)23-13-20-12-21(24-27-20)18-6-4-16(3)5-7-18/h4-12,15H,13-14H2,1-3H3,(H,23,25). The fourth-order valence-corrected chi connectivity index (χ4v) is 2.59. The Morgan fingerprint density at radius 1 is 1.11 bits per heavy atom. The zero-order valence-corrected chi connectivity index (χ0v) is 15.9. The van der Waals surface area contributed by atoms with Crippen molar-refractivity contribution in [1.29, 1.82) is 0 Å². The zero-order valence-electron chi connectivity index (χ0n) is 15.9. The highest BCUT2D eigenvalue weighted by Crippen LogP contribution is 2.20. The maximum absolute atomic E-state index is 12.0. The SMILES string of the molecule is Cc1ccc(-c2cc(CNC(=O)COc3ccc(C(C)C)cc3)on2)cc1. The smallest absolute Gasteiger partial charge is 0.258 e. The van der Waals surface area contributed by atoms with Crippen molar-refractivity contribution in [2.45, 2.75) is 33.2 Å². The minimum Gasteiger partial charge on any atom is -0.484 e. The molecule has 5 heteroatoms. The normalized spacial score (nSPS) is 10.8. The minimum absolute atomic E-state index is 0.0417. The van der Waals surface area contributed by atoms with E-state index in [4.69, 9.17) is 9.26 Å². The van der Waals surface area contributed by atoms with Crippen molar-refractivity contribution >= 4 is 5.91 Å². The van der Waals surface area contributed by atoms with Gasteiger partial charge in [0.25, 0.3) is 5.91 Å². The molecule has 0 radical (unpaired) electrons. The van der Waals surface area contributed by atoms with Gasteiger partial charge < -0.3 is 14.6 Å². The molecule has 0 aliphatic heterocycles. The number of carbonyl (C=O) groups is 1. The third kappa shape index (κ3) is 5.20. The number of nitrogens with one attached hydrogen (secondary N) is 1. The maximum atomic E-state index is 12.0. The predicted molar refractivity (Wildman–Crippen MR) is 105 cm³/mol. The topological polar surface area (TPSA) is 64.4 Å². The summed E-state index contributed by atoms with van der Waals surface area (Å²) in [6.07, 6.45) is 0. The lowest BCUT2D eigenvalue weighted by atomic mass is 10.0.